The van der Waals surface area contributed by atoms with E-state index in [0.717, 1.165) is 19.6 Å². The SMILES string of the molecule is COC1CN(c2ccc(CNC(C)C)cc2C)CC1OC. The minimum atomic E-state index is 0.150. The van der Waals surface area contributed by atoms with E-state index in [2.05, 4.69) is 49.2 Å². The Labute approximate surface area is 128 Å². The first-order valence-electron chi connectivity index (χ1n) is 7.68. The fourth-order valence-corrected chi connectivity index (χ4v) is 2.90. The van der Waals surface area contributed by atoms with E-state index in [1.54, 1.807) is 14.2 Å². The van der Waals surface area contributed by atoms with Gasteiger partial charge in [-0.3, -0.25) is 0 Å². The zero-order valence-electron chi connectivity index (χ0n) is 13.8. The second-order valence-electron chi connectivity index (χ2n) is 6.11. The number of benzene rings is 1. The number of nitrogens with one attached hydrogen (secondary N) is 1. The minimum absolute atomic E-state index is 0.150. The Bertz CT molecular complexity index is 450. The number of hydrogen-bond donors (Lipinski definition) is 1. The topological polar surface area (TPSA) is 33.7 Å². The molecule has 118 valence electrons. The molecule has 0 amide bonds. The molecule has 4 nitrogen and oxygen atoms in total. The monoisotopic (exact) mass is 292 g/mol. The van der Waals surface area contributed by atoms with Crippen molar-refractivity contribution in [2.45, 2.75) is 45.6 Å². The lowest BCUT2D eigenvalue weighted by Crippen LogP contribution is -2.27. The van der Waals surface area contributed by atoms with Gasteiger partial charge in [0.1, 0.15) is 12.2 Å². The van der Waals surface area contributed by atoms with E-state index in [9.17, 15) is 0 Å². The zero-order valence-corrected chi connectivity index (χ0v) is 13.8. The predicted molar refractivity (Wildman–Crippen MR) is 87.0 cm³/mol. The number of aryl methyl sites for hydroxylation is 1. The molecule has 2 rings (SSSR count). The standard InChI is InChI=1S/C17H28N2O2/c1-12(2)18-9-14-6-7-15(13(3)8-14)19-10-16(20-4)17(11-19)21-5/h6-8,12,16-18H,9-11H2,1-5H3. The molecule has 0 spiro atoms. The van der Waals surface area contributed by atoms with Crippen molar-refractivity contribution in [2.75, 3.05) is 32.2 Å². The Kier molecular flexibility index (Phi) is 5.62. The lowest BCUT2D eigenvalue weighted by Gasteiger charge is -2.21. The number of rotatable bonds is 6. The quantitative estimate of drug-likeness (QED) is 0.872. The zero-order chi connectivity index (χ0) is 15.4. The highest BCUT2D eigenvalue weighted by molar-refractivity contribution is 5.55. The molecule has 1 aromatic carbocycles. The van der Waals surface area contributed by atoms with Crippen LogP contribution in [0.4, 0.5) is 5.69 Å². The molecular formula is C17H28N2O2. The van der Waals surface area contributed by atoms with Gasteiger partial charge in [-0.2, -0.15) is 0 Å². The van der Waals surface area contributed by atoms with Crippen molar-refractivity contribution in [1.82, 2.24) is 5.32 Å². The molecule has 0 bridgehead atoms. The van der Waals surface area contributed by atoms with Gasteiger partial charge in [0.15, 0.2) is 0 Å². The molecule has 0 radical (unpaired) electrons. The van der Waals surface area contributed by atoms with Crippen molar-refractivity contribution in [1.29, 1.82) is 0 Å². The van der Waals surface area contributed by atoms with E-state index in [0.29, 0.717) is 6.04 Å². The Morgan fingerprint density at radius 2 is 1.81 bits per heavy atom. The van der Waals surface area contributed by atoms with Crippen LogP contribution in [0.2, 0.25) is 0 Å². The molecule has 0 aliphatic carbocycles. The van der Waals surface area contributed by atoms with Crippen LogP contribution in [0.3, 0.4) is 0 Å². The summed E-state index contributed by atoms with van der Waals surface area (Å²) in [6.45, 7) is 9.21. The number of anilines is 1. The normalized spacial score (nSPS) is 22.3. The van der Waals surface area contributed by atoms with Crippen molar-refractivity contribution in [2.24, 2.45) is 0 Å². The average molecular weight is 292 g/mol. The van der Waals surface area contributed by atoms with E-state index in [-0.39, 0.29) is 12.2 Å². The molecule has 21 heavy (non-hydrogen) atoms. The van der Waals surface area contributed by atoms with Crippen LogP contribution in [-0.2, 0) is 16.0 Å². The number of methoxy groups -OCH3 is 2. The molecule has 1 aromatic rings. The van der Waals surface area contributed by atoms with Gasteiger partial charge in [0.05, 0.1) is 0 Å². The van der Waals surface area contributed by atoms with Gasteiger partial charge < -0.3 is 19.7 Å². The summed E-state index contributed by atoms with van der Waals surface area (Å²) in [7, 11) is 3.52. The summed E-state index contributed by atoms with van der Waals surface area (Å²) < 4.78 is 11.0. The van der Waals surface area contributed by atoms with Gasteiger partial charge in [-0.15, -0.1) is 0 Å². The molecule has 2 unspecified atom stereocenters. The molecule has 1 saturated heterocycles. The largest absolute Gasteiger partial charge is 0.377 e. The lowest BCUT2D eigenvalue weighted by atomic mass is 10.1. The molecule has 0 aromatic heterocycles. The lowest BCUT2D eigenvalue weighted by molar-refractivity contribution is -0.00461. The summed E-state index contributed by atoms with van der Waals surface area (Å²) in [5.74, 6) is 0. The van der Waals surface area contributed by atoms with Crippen LogP contribution in [0.5, 0.6) is 0 Å². The molecule has 1 heterocycles. The third-order valence-electron chi connectivity index (χ3n) is 4.14. The van der Waals surface area contributed by atoms with Gasteiger partial charge in [0.2, 0.25) is 0 Å². The third kappa shape index (κ3) is 3.96. The second-order valence-corrected chi connectivity index (χ2v) is 6.11. The molecule has 1 aliphatic heterocycles. The first-order valence-corrected chi connectivity index (χ1v) is 7.68. The molecule has 1 aliphatic rings. The van der Waals surface area contributed by atoms with E-state index < -0.39 is 0 Å². The molecule has 1 fully saturated rings. The van der Waals surface area contributed by atoms with Gasteiger partial charge in [0, 0.05) is 45.6 Å². The van der Waals surface area contributed by atoms with Gasteiger partial charge >= 0.3 is 0 Å². The fraction of sp³-hybridized carbons (Fsp3) is 0.647. The summed E-state index contributed by atoms with van der Waals surface area (Å²) in [4.78, 5) is 2.36. The van der Waals surface area contributed by atoms with Crippen LogP contribution in [0.15, 0.2) is 18.2 Å². The van der Waals surface area contributed by atoms with E-state index in [1.165, 1.54) is 16.8 Å². The highest BCUT2D eigenvalue weighted by Crippen LogP contribution is 2.27. The predicted octanol–water partition coefficient (Wildman–Crippen LogP) is 2.34. The number of nitrogens with zero attached hydrogens (tertiary/aromatic N) is 1. The van der Waals surface area contributed by atoms with Gasteiger partial charge in [-0.1, -0.05) is 26.0 Å². The summed E-state index contributed by atoms with van der Waals surface area (Å²) in [5, 5.41) is 3.46. The first-order chi connectivity index (χ1) is 10.0. The molecule has 2 atom stereocenters. The Balaban J connectivity index is 2.07. The van der Waals surface area contributed by atoms with Crippen LogP contribution >= 0.6 is 0 Å². The second kappa shape index (κ2) is 7.25. The number of hydrogen-bond acceptors (Lipinski definition) is 4. The van der Waals surface area contributed by atoms with Gasteiger partial charge in [-0.25, -0.2) is 0 Å². The van der Waals surface area contributed by atoms with Crippen molar-refractivity contribution in [3.8, 4) is 0 Å². The van der Waals surface area contributed by atoms with E-state index >= 15 is 0 Å². The number of ether oxygens (including phenoxy) is 2. The van der Waals surface area contributed by atoms with Crippen molar-refractivity contribution >= 4 is 5.69 Å². The van der Waals surface area contributed by atoms with Crippen molar-refractivity contribution in [3.05, 3.63) is 29.3 Å². The van der Waals surface area contributed by atoms with Crippen LogP contribution < -0.4 is 10.2 Å². The smallest absolute Gasteiger partial charge is 0.102 e. The molecular weight excluding hydrogens is 264 g/mol. The summed E-state index contributed by atoms with van der Waals surface area (Å²) >= 11 is 0. The molecule has 4 heteroatoms. The molecule has 1 N–H and O–H groups in total. The van der Waals surface area contributed by atoms with E-state index in [4.69, 9.17) is 9.47 Å². The van der Waals surface area contributed by atoms with Crippen molar-refractivity contribution in [3.63, 3.8) is 0 Å². The fourth-order valence-electron chi connectivity index (χ4n) is 2.90. The van der Waals surface area contributed by atoms with E-state index in [1.807, 2.05) is 0 Å². The maximum atomic E-state index is 5.52. The summed E-state index contributed by atoms with van der Waals surface area (Å²) in [6.07, 6.45) is 0.299. The Hall–Kier alpha value is -1.10. The average Bonchev–Trinajstić information content (AvgIpc) is 2.88. The van der Waals surface area contributed by atoms with Crippen LogP contribution in [0, 0.1) is 6.92 Å². The Morgan fingerprint density at radius 1 is 1.19 bits per heavy atom. The highest BCUT2D eigenvalue weighted by Gasteiger charge is 2.33. The maximum absolute atomic E-state index is 5.52. The highest BCUT2D eigenvalue weighted by atomic mass is 16.5. The third-order valence-corrected chi connectivity index (χ3v) is 4.14. The van der Waals surface area contributed by atoms with Gasteiger partial charge in [0.25, 0.3) is 0 Å². The van der Waals surface area contributed by atoms with Crippen LogP contribution in [-0.4, -0.2) is 45.6 Å². The summed E-state index contributed by atoms with van der Waals surface area (Å²) in [5.41, 5.74) is 3.92. The maximum Gasteiger partial charge on any atom is 0.102 e. The van der Waals surface area contributed by atoms with Crippen LogP contribution in [0.1, 0.15) is 25.0 Å². The summed E-state index contributed by atoms with van der Waals surface area (Å²) in [6, 6.07) is 7.21. The van der Waals surface area contributed by atoms with Gasteiger partial charge in [-0.05, 0) is 24.1 Å². The minimum Gasteiger partial charge on any atom is -0.377 e. The van der Waals surface area contributed by atoms with Crippen LogP contribution in [0.25, 0.3) is 0 Å². The van der Waals surface area contributed by atoms with Crippen molar-refractivity contribution < 1.29 is 9.47 Å². The Morgan fingerprint density at radius 3 is 2.29 bits per heavy atom. The molecule has 0 saturated carbocycles. The first kappa shape index (κ1) is 16.3.